The second-order valence-electron chi connectivity index (χ2n) is 6.53. The van der Waals surface area contributed by atoms with Gasteiger partial charge in [-0.25, -0.2) is 0 Å². The minimum atomic E-state index is -0.0148. The molecule has 3 aromatic carbocycles. The molecule has 4 aromatic rings. The van der Waals surface area contributed by atoms with Gasteiger partial charge in [-0.15, -0.1) is 0 Å². The quantitative estimate of drug-likeness (QED) is 0.367. The lowest BCUT2D eigenvalue weighted by molar-refractivity contribution is 1.04. The second-order valence-corrected chi connectivity index (χ2v) is 7.37. The lowest BCUT2D eigenvalue weighted by atomic mass is 10.0. The van der Waals surface area contributed by atoms with Crippen molar-refractivity contribution in [1.29, 1.82) is 0 Å². The maximum atomic E-state index is 12.9. The zero-order valence-electron chi connectivity index (χ0n) is 15.2. The molecule has 0 atom stereocenters. The molecule has 0 spiro atoms. The fourth-order valence-electron chi connectivity index (χ4n) is 3.38. The molecule has 0 saturated carbocycles. The largest absolute Gasteiger partial charge is 0.307 e. The molecule has 28 heavy (non-hydrogen) atoms. The van der Waals surface area contributed by atoms with Gasteiger partial charge in [0.15, 0.2) is 5.43 Å². The van der Waals surface area contributed by atoms with Crippen LogP contribution in [0.5, 0.6) is 0 Å². The molecule has 1 aromatic heterocycles. The average Bonchev–Trinajstić information content (AvgIpc) is 2.71. The number of rotatable bonds is 3. The minimum absolute atomic E-state index is 0.0148. The summed E-state index contributed by atoms with van der Waals surface area (Å²) in [5.74, 6) is 0. The summed E-state index contributed by atoms with van der Waals surface area (Å²) in [6.07, 6.45) is 0. The van der Waals surface area contributed by atoms with Crippen LogP contribution in [0.15, 0.2) is 89.7 Å². The Morgan fingerprint density at radius 1 is 0.750 bits per heavy atom. The Bertz CT molecular complexity index is 1200. The predicted molar refractivity (Wildman–Crippen MR) is 118 cm³/mol. The van der Waals surface area contributed by atoms with E-state index in [1.165, 1.54) is 0 Å². The topological polar surface area (TPSA) is 22.0 Å². The van der Waals surface area contributed by atoms with Crippen LogP contribution in [0.3, 0.4) is 0 Å². The van der Waals surface area contributed by atoms with Gasteiger partial charge in [0.2, 0.25) is 0 Å². The van der Waals surface area contributed by atoms with Crippen molar-refractivity contribution in [3.05, 3.63) is 111 Å². The third kappa shape index (κ3) is 3.37. The Kier molecular flexibility index (Phi) is 5.08. The summed E-state index contributed by atoms with van der Waals surface area (Å²) in [6.45, 7) is 1.85. The predicted octanol–water partition coefficient (Wildman–Crippen LogP) is 6.79. The first-order valence-electron chi connectivity index (χ1n) is 8.89. The first-order valence-corrected chi connectivity index (χ1v) is 9.65. The van der Waals surface area contributed by atoms with Crippen LogP contribution in [0, 0.1) is 6.92 Å². The normalized spacial score (nSPS) is 10.8. The molecule has 0 radical (unpaired) electrons. The van der Waals surface area contributed by atoms with Crippen LogP contribution < -0.4 is 5.43 Å². The van der Waals surface area contributed by atoms with Crippen molar-refractivity contribution in [3.63, 3.8) is 0 Å². The van der Waals surface area contributed by atoms with Crippen LogP contribution in [0.1, 0.15) is 5.56 Å². The maximum absolute atomic E-state index is 12.9. The van der Waals surface area contributed by atoms with Crippen molar-refractivity contribution in [2.24, 2.45) is 0 Å². The summed E-state index contributed by atoms with van der Waals surface area (Å²) in [6, 6.07) is 26.8. The van der Waals surface area contributed by atoms with Crippen LogP contribution in [0.2, 0.25) is 10.0 Å². The number of hydrogen-bond donors (Lipinski definition) is 0. The Labute approximate surface area is 173 Å². The van der Waals surface area contributed by atoms with Gasteiger partial charge in [-0.1, -0.05) is 83.9 Å². The summed E-state index contributed by atoms with van der Waals surface area (Å²) in [4.78, 5) is 12.9. The molecule has 0 unspecified atom stereocenters. The summed E-state index contributed by atoms with van der Waals surface area (Å²) < 4.78 is 2.04. The maximum Gasteiger partial charge on any atom is 0.185 e. The molecular formula is C24H17Cl2NO. The number of benzene rings is 3. The van der Waals surface area contributed by atoms with Gasteiger partial charge < -0.3 is 4.57 Å². The van der Waals surface area contributed by atoms with Gasteiger partial charge in [0.05, 0.1) is 22.1 Å². The average molecular weight is 406 g/mol. The van der Waals surface area contributed by atoms with E-state index in [1.54, 1.807) is 18.2 Å². The number of nitrogens with zero attached hydrogens (tertiary/aromatic N) is 1. The summed E-state index contributed by atoms with van der Waals surface area (Å²) >= 11 is 12.7. The standard InChI is InChI=1S/C24H17Cl2NO/c1-16-23(28)15-22(17-8-4-2-5-9-17)27(21-13-12-19(25)14-20(21)26)24(16)18-10-6-3-7-11-18/h2-15H,1H3. The van der Waals surface area contributed by atoms with Gasteiger partial charge in [0, 0.05) is 16.7 Å². The fourth-order valence-corrected chi connectivity index (χ4v) is 3.87. The Balaban J connectivity index is 2.17. The first kappa shape index (κ1) is 18.5. The summed E-state index contributed by atoms with van der Waals surface area (Å²) in [5, 5.41) is 1.08. The molecule has 0 N–H and O–H groups in total. The van der Waals surface area contributed by atoms with Gasteiger partial charge in [-0.05, 0) is 36.2 Å². The van der Waals surface area contributed by atoms with E-state index in [9.17, 15) is 4.79 Å². The van der Waals surface area contributed by atoms with Crippen molar-refractivity contribution < 1.29 is 0 Å². The van der Waals surface area contributed by atoms with E-state index in [2.05, 4.69) is 0 Å². The molecule has 0 aliphatic heterocycles. The van der Waals surface area contributed by atoms with Gasteiger partial charge in [-0.2, -0.15) is 0 Å². The molecule has 0 bridgehead atoms. The first-order chi connectivity index (χ1) is 13.6. The number of pyridine rings is 1. The highest BCUT2D eigenvalue weighted by Gasteiger charge is 2.18. The van der Waals surface area contributed by atoms with Crippen LogP contribution in [0.4, 0.5) is 0 Å². The highest BCUT2D eigenvalue weighted by molar-refractivity contribution is 6.35. The lowest BCUT2D eigenvalue weighted by Crippen LogP contribution is -2.16. The van der Waals surface area contributed by atoms with Crippen LogP contribution >= 0.6 is 23.2 Å². The van der Waals surface area contributed by atoms with Crippen LogP contribution in [0.25, 0.3) is 28.2 Å². The van der Waals surface area contributed by atoms with E-state index in [0.29, 0.717) is 15.6 Å². The third-order valence-electron chi connectivity index (χ3n) is 4.72. The molecular weight excluding hydrogens is 389 g/mol. The van der Waals surface area contributed by atoms with Gasteiger partial charge in [0.25, 0.3) is 0 Å². The molecule has 4 heteroatoms. The third-order valence-corrected chi connectivity index (χ3v) is 5.26. The molecule has 1 heterocycles. The highest BCUT2D eigenvalue weighted by atomic mass is 35.5. The van der Waals surface area contributed by atoms with Crippen molar-refractivity contribution in [1.82, 2.24) is 4.57 Å². The second kappa shape index (κ2) is 7.67. The van der Waals surface area contributed by atoms with Crippen LogP contribution in [-0.4, -0.2) is 4.57 Å². The lowest BCUT2D eigenvalue weighted by Gasteiger charge is -2.22. The van der Waals surface area contributed by atoms with E-state index in [0.717, 1.165) is 28.2 Å². The zero-order valence-corrected chi connectivity index (χ0v) is 16.7. The van der Waals surface area contributed by atoms with E-state index in [-0.39, 0.29) is 5.43 Å². The molecule has 0 amide bonds. The smallest absolute Gasteiger partial charge is 0.185 e. The molecule has 0 aliphatic rings. The zero-order chi connectivity index (χ0) is 19.7. The number of halogens is 2. The van der Waals surface area contributed by atoms with Gasteiger partial charge in [0.1, 0.15) is 0 Å². The van der Waals surface area contributed by atoms with Crippen molar-refractivity contribution >= 4 is 23.2 Å². The van der Waals surface area contributed by atoms with E-state index in [1.807, 2.05) is 78.2 Å². The highest BCUT2D eigenvalue weighted by Crippen LogP contribution is 2.35. The Hall–Kier alpha value is -2.81. The molecule has 0 fully saturated rings. The minimum Gasteiger partial charge on any atom is -0.307 e. The van der Waals surface area contributed by atoms with Crippen molar-refractivity contribution in [2.75, 3.05) is 0 Å². The monoisotopic (exact) mass is 405 g/mol. The Morgan fingerprint density at radius 3 is 1.96 bits per heavy atom. The van der Waals surface area contributed by atoms with Crippen LogP contribution in [-0.2, 0) is 0 Å². The fraction of sp³-hybridized carbons (Fsp3) is 0.0417. The van der Waals surface area contributed by atoms with Gasteiger partial charge >= 0.3 is 0 Å². The van der Waals surface area contributed by atoms with E-state index in [4.69, 9.17) is 23.2 Å². The molecule has 0 saturated heterocycles. The number of aromatic nitrogens is 1. The Morgan fingerprint density at radius 2 is 1.36 bits per heavy atom. The van der Waals surface area contributed by atoms with Crippen molar-refractivity contribution in [2.45, 2.75) is 6.92 Å². The molecule has 138 valence electrons. The number of hydrogen-bond acceptors (Lipinski definition) is 1. The molecule has 4 rings (SSSR count). The molecule has 2 nitrogen and oxygen atoms in total. The van der Waals surface area contributed by atoms with Crippen molar-refractivity contribution in [3.8, 4) is 28.2 Å². The summed E-state index contributed by atoms with van der Waals surface area (Å²) in [7, 11) is 0. The van der Waals surface area contributed by atoms with Gasteiger partial charge in [-0.3, -0.25) is 4.79 Å². The SMILES string of the molecule is Cc1c(-c2ccccc2)n(-c2ccc(Cl)cc2Cl)c(-c2ccccc2)cc1=O. The van der Waals surface area contributed by atoms with E-state index < -0.39 is 0 Å². The van der Waals surface area contributed by atoms with E-state index >= 15 is 0 Å². The summed E-state index contributed by atoms with van der Waals surface area (Å²) in [5.41, 5.74) is 4.89. The molecule has 0 aliphatic carbocycles.